The van der Waals surface area contributed by atoms with Crippen LogP contribution in [0.5, 0.6) is 0 Å². The minimum Gasteiger partial charge on any atom is -0.503 e. The lowest BCUT2D eigenvalue weighted by Gasteiger charge is -2.36. The average Bonchev–Trinajstić information content (AvgIpc) is 3.14. The van der Waals surface area contributed by atoms with Gasteiger partial charge >= 0.3 is 6.09 Å². The molecule has 3 amide bonds. The van der Waals surface area contributed by atoms with Crippen molar-refractivity contribution in [1.82, 2.24) is 15.1 Å². The van der Waals surface area contributed by atoms with Crippen LogP contribution in [-0.4, -0.2) is 70.6 Å². The minimum atomic E-state index is -0.499. The molecule has 34 heavy (non-hydrogen) atoms. The van der Waals surface area contributed by atoms with Gasteiger partial charge in [0.2, 0.25) is 0 Å². The Labute approximate surface area is 200 Å². The molecular formula is C26H35N3O5. The van der Waals surface area contributed by atoms with E-state index in [0.717, 1.165) is 25.7 Å². The highest BCUT2D eigenvalue weighted by molar-refractivity contribution is 6.07. The third kappa shape index (κ3) is 5.37. The molecule has 2 N–H and O–H groups in total. The van der Waals surface area contributed by atoms with E-state index in [9.17, 15) is 19.5 Å². The van der Waals surface area contributed by atoms with Crippen LogP contribution in [0.2, 0.25) is 0 Å². The number of ether oxygens (including phenoxy) is 1. The Balaban J connectivity index is 1.27. The van der Waals surface area contributed by atoms with E-state index >= 15 is 0 Å². The first-order valence-corrected chi connectivity index (χ1v) is 12.4. The van der Waals surface area contributed by atoms with Crippen LogP contribution in [-0.2, 0) is 14.3 Å². The van der Waals surface area contributed by atoms with Crippen LogP contribution in [0.3, 0.4) is 0 Å². The number of hydrogen-bond donors (Lipinski definition) is 2. The number of piperidine rings is 1. The fraction of sp³-hybridized carbons (Fsp3) is 0.577. The lowest BCUT2D eigenvalue weighted by Crippen LogP contribution is -2.48. The zero-order valence-corrected chi connectivity index (χ0v) is 20.0. The molecule has 8 nitrogen and oxygen atoms in total. The molecule has 1 saturated heterocycles. The molecule has 0 spiro atoms. The fourth-order valence-corrected chi connectivity index (χ4v) is 5.26. The molecule has 0 unspecified atom stereocenters. The maximum absolute atomic E-state index is 12.9. The Morgan fingerprint density at radius 3 is 2.29 bits per heavy atom. The van der Waals surface area contributed by atoms with Crippen LogP contribution >= 0.6 is 0 Å². The van der Waals surface area contributed by atoms with Crippen molar-refractivity contribution in [2.24, 2.45) is 0 Å². The third-order valence-electron chi connectivity index (χ3n) is 7.19. The molecular weight excluding hydrogens is 434 g/mol. The summed E-state index contributed by atoms with van der Waals surface area (Å²) in [6.07, 6.45) is 4.41. The summed E-state index contributed by atoms with van der Waals surface area (Å²) in [4.78, 5) is 40.9. The van der Waals surface area contributed by atoms with Gasteiger partial charge in [-0.15, -0.1) is 0 Å². The van der Waals surface area contributed by atoms with E-state index in [4.69, 9.17) is 4.74 Å². The van der Waals surface area contributed by atoms with Gasteiger partial charge in [-0.05, 0) is 63.9 Å². The van der Waals surface area contributed by atoms with E-state index in [0.29, 0.717) is 31.8 Å². The van der Waals surface area contributed by atoms with Gasteiger partial charge in [0.25, 0.3) is 11.8 Å². The van der Waals surface area contributed by atoms with E-state index in [-0.39, 0.29) is 42.3 Å². The number of aliphatic hydroxyl groups is 1. The Morgan fingerprint density at radius 1 is 1.03 bits per heavy atom. The van der Waals surface area contributed by atoms with Crippen molar-refractivity contribution in [2.75, 3.05) is 19.6 Å². The van der Waals surface area contributed by atoms with E-state index < -0.39 is 11.7 Å². The lowest BCUT2D eigenvalue weighted by molar-refractivity contribution is -0.130. The topological polar surface area (TPSA) is 99.2 Å². The highest BCUT2D eigenvalue weighted by atomic mass is 16.6. The molecule has 3 aliphatic rings. The Morgan fingerprint density at radius 2 is 1.68 bits per heavy atom. The number of nitrogens with one attached hydrogen (secondary N) is 1. The number of hydrogen-bond acceptors (Lipinski definition) is 5. The van der Waals surface area contributed by atoms with Gasteiger partial charge in [0.1, 0.15) is 0 Å². The van der Waals surface area contributed by atoms with Gasteiger partial charge in [0.15, 0.2) is 5.76 Å². The minimum absolute atomic E-state index is 0.0483. The highest BCUT2D eigenvalue weighted by Crippen LogP contribution is 2.33. The normalized spacial score (nSPS) is 24.0. The second-order valence-corrected chi connectivity index (χ2v) is 9.84. The fourth-order valence-electron chi connectivity index (χ4n) is 5.26. The van der Waals surface area contributed by atoms with E-state index in [1.54, 1.807) is 9.80 Å². The molecule has 0 aromatic heterocycles. The second-order valence-electron chi connectivity index (χ2n) is 9.84. The first-order valence-electron chi connectivity index (χ1n) is 12.4. The molecule has 1 aliphatic carbocycles. The summed E-state index contributed by atoms with van der Waals surface area (Å²) < 4.78 is 5.25. The van der Waals surface area contributed by atoms with Crippen molar-refractivity contribution in [3.05, 3.63) is 47.2 Å². The Hall–Kier alpha value is -3.03. The number of nitrogens with zero attached hydrogens (tertiary/aromatic N) is 2. The summed E-state index contributed by atoms with van der Waals surface area (Å²) in [6, 6.07) is 10.4. The zero-order chi connectivity index (χ0) is 24.2. The Kier molecular flexibility index (Phi) is 7.44. The smallest absolute Gasteiger partial charge is 0.410 e. The number of benzene rings is 1. The summed E-state index contributed by atoms with van der Waals surface area (Å²) in [5.41, 5.74) is 1.49. The van der Waals surface area contributed by atoms with Crippen LogP contribution in [0.25, 0.3) is 0 Å². The molecule has 2 fully saturated rings. The van der Waals surface area contributed by atoms with Gasteiger partial charge < -0.3 is 25.0 Å². The summed E-state index contributed by atoms with van der Waals surface area (Å²) in [5, 5.41) is 13.5. The van der Waals surface area contributed by atoms with Crippen molar-refractivity contribution < 1.29 is 24.2 Å². The molecule has 2 heterocycles. The number of aliphatic hydroxyl groups excluding tert-OH is 1. The quantitative estimate of drug-likeness (QED) is 0.688. The van der Waals surface area contributed by atoms with Crippen LogP contribution < -0.4 is 5.32 Å². The molecule has 1 saturated carbocycles. The maximum atomic E-state index is 12.9. The van der Waals surface area contributed by atoms with Crippen LogP contribution in [0.1, 0.15) is 63.9 Å². The molecule has 8 heteroatoms. The van der Waals surface area contributed by atoms with Crippen molar-refractivity contribution >= 4 is 17.9 Å². The van der Waals surface area contributed by atoms with Gasteiger partial charge in [-0.2, -0.15) is 0 Å². The first kappa shape index (κ1) is 24.1. The summed E-state index contributed by atoms with van der Waals surface area (Å²) in [6.45, 7) is 4.68. The van der Waals surface area contributed by atoms with E-state index in [2.05, 4.69) is 29.6 Å². The monoisotopic (exact) mass is 469 g/mol. The zero-order valence-electron chi connectivity index (χ0n) is 20.0. The number of likely N-dealkylation sites (tertiary alicyclic amines) is 1. The number of carbonyl (C=O) groups excluding carboxylic acids is 3. The SMILES string of the molecule is CC(C)OC(=O)N1CCC(N2CC(C(=O)N[C@H]3CC[C@@H](c4ccccc4)CC3)=C(O)C2=O)CC1. The predicted octanol–water partition coefficient (Wildman–Crippen LogP) is 3.49. The van der Waals surface area contributed by atoms with Gasteiger partial charge in [-0.3, -0.25) is 9.59 Å². The van der Waals surface area contributed by atoms with Crippen molar-refractivity contribution in [3.63, 3.8) is 0 Å². The lowest BCUT2D eigenvalue weighted by atomic mass is 9.82. The molecule has 4 rings (SSSR count). The predicted molar refractivity (Wildman–Crippen MR) is 127 cm³/mol. The van der Waals surface area contributed by atoms with Gasteiger partial charge in [-0.25, -0.2) is 4.79 Å². The molecule has 0 radical (unpaired) electrons. The highest BCUT2D eigenvalue weighted by Gasteiger charge is 2.40. The van der Waals surface area contributed by atoms with E-state index in [1.165, 1.54) is 5.56 Å². The van der Waals surface area contributed by atoms with Crippen LogP contribution in [0, 0.1) is 0 Å². The van der Waals surface area contributed by atoms with Gasteiger partial charge in [0.05, 0.1) is 18.2 Å². The van der Waals surface area contributed by atoms with E-state index in [1.807, 2.05) is 19.9 Å². The molecule has 184 valence electrons. The number of amides is 3. The third-order valence-corrected chi connectivity index (χ3v) is 7.19. The summed E-state index contributed by atoms with van der Waals surface area (Å²) in [7, 11) is 0. The molecule has 1 aromatic carbocycles. The number of carbonyl (C=O) groups is 3. The second kappa shape index (κ2) is 10.5. The van der Waals surface area contributed by atoms with Gasteiger partial charge in [-0.1, -0.05) is 30.3 Å². The van der Waals surface area contributed by atoms with Crippen molar-refractivity contribution in [3.8, 4) is 0 Å². The summed E-state index contributed by atoms with van der Waals surface area (Å²) >= 11 is 0. The molecule has 0 atom stereocenters. The van der Waals surface area contributed by atoms with Crippen LogP contribution in [0.4, 0.5) is 4.79 Å². The largest absolute Gasteiger partial charge is 0.503 e. The molecule has 1 aromatic rings. The maximum Gasteiger partial charge on any atom is 0.410 e. The molecule has 0 bridgehead atoms. The number of rotatable bonds is 5. The Bertz CT molecular complexity index is 929. The first-order chi connectivity index (χ1) is 16.3. The van der Waals surface area contributed by atoms with Gasteiger partial charge in [0, 0.05) is 25.2 Å². The van der Waals surface area contributed by atoms with Crippen molar-refractivity contribution in [1.29, 1.82) is 0 Å². The standard InChI is InChI=1S/C26H35N3O5/c1-17(2)34-26(33)28-14-12-21(13-15-28)29-16-22(23(30)25(29)32)24(31)27-20-10-8-19(9-11-20)18-6-4-3-5-7-18/h3-7,17,19-21,30H,8-16H2,1-2H3,(H,27,31)/t19-,20+. The van der Waals surface area contributed by atoms with Crippen molar-refractivity contribution in [2.45, 2.75) is 76.5 Å². The summed E-state index contributed by atoms with van der Waals surface area (Å²) in [5.74, 6) is -0.790. The van der Waals surface area contributed by atoms with Crippen LogP contribution in [0.15, 0.2) is 41.7 Å². The molecule has 2 aliphatic heterocycles. The average molecular weight is 470 g/mol.